The Morgan fingerprint density at radius 2 is 1.84 bits per heavy atom. The van der Waals surface area contributed by atoms with E-state index in [9.17, 15) is 13.2 Å². The summed E-state index contributed by atoms with van der Waals surface area (Å²) in [7, 11) is -3.01. The number of anilines is 1. The van der Waals surface area contributed by atoms with E-state index in [4.69, 9.17) is 0 Å². The second-order valence-corrected chi connectivity index (χ2v) is 11.7. The molecule has 1 aromatic heterocycles. The van der Waals surface area contributed by atoms with Gasteiger partial charge < -0.3 is 5.32 Å². The zero-order valence-electron chi connectivity index (χ0n) is 19.1. The fourth-order valence-corrected chi connectivity index (χ4v) is 6.49. The van der Waals surface area contributed by atoms with Crippen molar-refractivity contribution in [1.82, 2.24) is 14.7 Å². The number of piperidine rings is 1. The monoisotopic (exact) mass is 458 g/mol. The molecular weight excluding hydrogens is 424 g/mol. The number of amides is 1. The minimum Gasteiger partial charge on any atom is -0.310 e. The largest absolute Gasteiger partial charge is 0.310 e. The molecule has 4 rings (SSSR count). The Kier molecular flexibility index (Phi) is 7.00. The highest BCUT2D eigenvalue weighted by atomic mass is 32.2. The summed E-state index contributed by atoms with van der Waals surface area (Å²) in [5.41, 5.74) is 3.48. The molecule has 7 nitrogen and oxygen atoms in total. The van der Waals surface area contributed by atoms with Gasteiger partial charge in [-0.2, -0.15) is 5.10 Å². The maximum Gasteiger partial charge on any atom is 0.239 e. The Hall–Kier alpha value is -2.19. The number of carbonyl (C=O) groups is 1. The third-order valence-electron chi connectivity index (χ3n) is 6.72. The van der Waals surface area contributed by atoms with E-state index in [0.29, 0.717) is 24.7 Å². The van der Waals surface area contributed by atoms with E-state index in [2.05, 4.69) is 46.5 Å². The number of hydrogen-bond donors (Lipinski definition) is 1. The van der Waals surface area contributed by atoms with Crippen molar-refractivity contribution in [3.05, 3.63) is 47.2 Å². The van der Waals surface area contributed by atoms with Crippen LogP contribution in [0.5, 0.6) is 0 Å². The molecule has 0 spiro atoms. The minimum absolute atomic E-state index is 0.0647. The minimum atomic E-state index is -3.01. The molecule has 32 heavy (non-hydrogen) atoms. The van der Waals surface area contributed by atoms with E-state index in [1.54, 1.807) is 4.68 Å². The van der Waals surface area contributed by atoms with Crippen LogP contribution in [0.3, 0.4) is 0 Å². The summed E-state index contributed by atoms with van der Waals surface area (Å²) in [6.45, 7) is 6.20. The molecule has 174 valence electrons. The Balaban J connectivity index is 1.24. The van der Waals surface area contributed by atoms with Crippen LogP contribution in [0, 0.1) is 19.8 Å². The summed E-state index contributed by atoms with van der Waals surface area (Å²) >= 11 is 0. The predicted molar refractivity (Wildman–Crippen MR) is 127 cm³/mol. The van der Waals surface area contributed by atoms with Gasteiger partial charge in [-0.15, -0.1) is 0 Å². The first-order valence-electron chi connectivity index (χ1n) is 11.6. The van der Waals surface area contributed by atoms with Gasteiger partial charge in [0.1, 0.15) is 5.82 Å². The maximum atomic E-state index is 12.7. The van der Waals surface area contributed by atoms with E-state index in [0.717, 1.165) is 38.0 Å². The van der Waals surface area contributed by atoms with Crippen molar-refractivity contribution in [3.63, 3.8) is 0 Å². The lowest BCUT2D eigenvalue weighted by Crippen LogP contribution is -2.39. The number of nitrogens with one attached hydrogen (secondary N) is 1. The molecule has 1 aromatic carbocycles. The highest BCUT2D eigenvalue weighted by Crippen LogP contribution is 2.27. The van der Waals surface area contributed by atoms with Crippen molar-refractivity contribution in [3.8, 4) is 0 Å². The van der Waals surface area contributed by atoms with Gasteiger partial charge in [-0.25, -0.2) is 13.1 Å². The van der Waals surface area contributed by atoms with Crippen LogP contribution >= 0.6 is 0 Å². The van der Waals surface area contributed by atoms with Crippen LogP contribution in [0.25, 0.3) is 0 Å². The number of benzene rings is 1. The van der Waals surface area contributed by atoms with Gasteiger partial charge in [-0.1, -0.05) is 29.8 Å². The molecule has 0 radical (unpaired) electrons. The number of hydrogen-bond acceptors (Lipinski definition) is 5. The topological polar surface area (TPSA) is 84.3 Å². The quantitative estimate of drug-likeness (QED) is 0.689. The highest BCUT2D eigenvalue weighted by molar-refractivity contribution is 7.91. The van der Waals surface area contributed by atoms with Crippen molar-refractivity contribution >= 4 is 21.6 Å². The van der Waals surface area contributed by atoms with Crippen LogP contribution in [0.2, 0.25) is 0 Å². The van der Waals surface area contributed by atoms with Gasteiger partial charge >= 0.3 is 0 Å². The van der Waals surface area contributed by atoms with E-state index < -0.39 is 9.84 Å². The fraction of sp³-hybridized carbons (Fsp3) is 0.583. The van der Waals surface area contributed by atoms with Crippen molar-refractivity contribution in [2.24, 2.45) is 5.92 Å². The van der Waals surface area contributed by atoms with Gasteiger partial charge in [0, 0.05) is 6.07 Å². The second kappa shape index (κ2) is 9.75. The first-order chi connectivity index (χ1) is 15.3. The zero-order chi connectivity index (χ0) is 22.7. The summed E-state index contributed by atoms with van der Waals surface area (Å²) in [6, 6.07) is 10.4. The van der Waals surface area contributed by atoms with Gasteiger partial charge in [0.15, 0.2) is 9.84 Å². The summed E-state index contributed by atoms with van der Waals surface area (Å²) in [4.78, 5) is 14.9. The third-order valence-corrected chi connectivity index (χ3v) is 8.47. The van der Waals surface area contributed by atoms with Crippen LogP contribution in [0.4, 0.5) is 5.82 Å². The number of nitrogens with zero attached hydrogens (tertiary/aromatic N) is 3. The Morgan fingerprint density at radius 1 is 1.12 bits per heavy atom. The molecule has 8 heteroatoms. The molecule has 2 aliphatic heterocycles. The molecule has 0 saturated carbocycles. The molecule has 2 aromatic rings. The summed E-state index contributed by atoms with van der Waals surface area (Å²) in [6.07, 6.45) is 5.10. The van der Waals surface area contributed by atoms with E-state index in [1.807, 2.05) is 13.0 Å². The van der Waals surface area contributed by atoms with Crippen LogP contribution < -0.4 is 5.32 Å². The molecule has 0 bridgehead atoms. The van der Waals surface area contributed by atoms with Crippen LogP contribution in [-0.4, -0.2) is 60.1 Å². The van der Waals surface area contributed by atoms with E-state index in [-0.39, 0.29) is 23.5 Å². The fourth-order valence-electron chi connectivity index (χ4n) is 4.80. The summed E-state index contributed by atoms with van der Waals surface area (Å²) < 4.78 is 25.4. The molecule has 3 heterocycles. The molecule has 2 fully saturated rings. The third kappa shape index (κ3) is 5.98. The van der Waals surface area contributed by atoms with Gasteiger partial charge in [-0.3, -0.25) is 9.69 Å². The predicted octanol–water partition coefficient (Wildman–Crippen LogP) is 3.14. The smallest absolute Gasteiger partial charge is 0.239 e. The Morgan fingerprint density at radius 3 is 2.50 bits per heavy atom. The highest BCUT2D eigenvalue weighted by Gasteiger charge is 2.31. The molecule has 2 saturated heterocycles. The van der Waals surface area contributed by atoms with E-state index in [1.165, 1.54) is 17.5 Å². The number of rotatable bonds is 7. The van der Waals surface area contributed by atoms with Crippen molar-refractivity contribution in [1.29, 1.82) is 0 Å². The van der Waals surface area contributed by atoms with Crippen molar-refractivity contribution in [2.75, 3.05) is 36.5 Å². The molecule has 0 unspecified atom stereocenters. The average Bonchev–Trinajstić information content (AvgIpc) is 3.29. The first-order valence-corrected chi connectivity index (χ1v) is 13.4. The van der Waals surface area contributed by atoms with Crippen molar-refractivity contribution in [2.45, 2.75) is 52.0 Å². The van der Waals surface area contributed by atoms with Crippen LogP contribution in [0.1, 0.15) is 48.5 Å². The normalized spacial score (nSPS) is 21.6. The number of aromatic nitrogens is 2. The molecule has 2 aliphatic rings. The van der Waals surface area contributed by atoms with Crippen LogP contribution in [0.15, 0.2) is 30.3 Å². The van der Waals surface area contributed by atoms with Gasteiger partial charge in [0.25, 0.3) is 0 Å². The lowest BCUT2D eigenvalue weighted by molar-refractivity contribution is -0.117. The summed E-state index contributed by atoms with van der Waals surface area (Å²) in [5, 5.41) is 7.41. The number of sulfone groups is 1. The molecule has 1 N–H and O–H groups in total. The number of aryl methyl sites for hydroxylation is 3. The standard InChI is InChI=1S/C24H34N4O3S/c1-18-3-5-20(6-4-18)7-8-21-9-12-27(13-10-21)16-24(29)25-23-15-19(2)26-28(23)22-11-14-32(30,31)17-22/h3-6,15,21-22H,7-14,16-17H2,1-2H3,(H,25,29)/t22-/m1/s1. The molecule has 1 amide bonds. The van der Waals surface area contributed by atoms with Gasteiger partial charge in [0.05, 0.1) is 29.8 Å². The number of carbonyl (C=O) groups excluding carboxylic acids is 1. The SMILES string of the molecule is Cc1ccc(CCC2CCN(CC(=O)Nc3cc(C)nn3[C@@H]3CCS(=O)(=O)C3)CC2)cc1. The lowest BCUT2D eigenvalue weighted by Gasteiger charge is -2.31. The van der Waals surface area contributed by atoms with Crippen LogP contribution in [-0.2, 0) is 21.1 Å². The van der Waals surface area contributed by atoms with E-state index >= 15 is 0 Å². The summed E-state index contributed by atoms with van der Waals surface area (Å²) in [5.74, 6) is 1.52. The molecule has 0 aliphatic carbocycles. The molecular formula is C24H34N4O3S. The number of likely N-dealkylation sites (tertiary alicyclic amines) is 1. The Labute approximate surface area is 191 Å². The van der Waals surface area contributed by atoms with Gasteiger partial charge in [0.2, 0.25) is 5.91 Å². The Bertz CT molecular complexity index is 1040. The van der Waals surface area contributed by atoms with Gasteiger partial charge in [-0.05, 0) is 70.5 Å². The zero-order valence-corrected chi connectivity index (χ0v) is 19.9. The average molecular weight is 459 g/mol. The first kappa shape index (κ1) is 23.0. The maximum absolute atomic E-state index is 12.7. The lowest BCUT2D eigenvalue weighted by atomic mass is 9.90. The van der Waals surface area contributed by atoms with Crippen molar-refractivity contribution < 1.29 is 13.2 Å². The second-order valence-electron chi connectivity index (χ2n) is 9.46. The molecule has 1 atom stereocenters.